The van der Waals surface area contributed by atoms with Crippen LogP contribution in [0.25, 0.3) is 0 Å². The maximum absolute atomic E-state index is 5.75. The minimum absolute atomic E-state index is 0.718. The standard InChI is InChI=1S/C18H32N2O/c1-4-12-19-13-11-17-7-9-18(10-8-17)16-21-15-14-20(5-2)6-3/h7-10,19H,4-6,11-16H2,1-3H3. The molecule has 1 rings (SSSR count). The zero-order chi connectivity index (χ0) is 15.3. The molecule has 0 heterocycles. The lowest BCUT2D eigenvalue weighted by Crippen LogP contribution is -2.26. The third kappa shape index (κ3) is 8.20. The summed E-state index contributed by atoms with van der Waals surface area (Å²) in [4.78, 5) is 2.38. The second-order valence-corrected chi connectivity index (χ2v) is 5.40. The van der Waals surface area contributed by atoms with Crippen LogP contribution in [-0.2, 0) is 17.8 Å². The van der Waals surface area contributed by atoms with Gasteiger partial charge in [-0.25, -0.2) is 0 Å². The molecule has 0 saturated heterocycles. The van der Waals surface area contributed by atoms with Gasteiger partial charge in [-0.05, 0) is 50.1 Å². The highest BCUT2D eigenvalue weighted by Crippen LogP contribution is 2.06. The Balaban J connectivity index is 2.18. The number of rotatable bonds is 12. The Labute approximate surface area is 130 Å². The summed E-state index contributed by atoms with van der Waals surface area (Å²) >= 11 is 0. The number of benzene rings is 1. The molecule has 0 aliphatic heterocycles. The first-order valence-electron chi connectivity index (χ1n) is 8.38. The summed E-state index contributed by atoms with van der Waals surface area (Å²) in [7, 11) is 0. The van der Waals surface area contributed by atoms with E-state index >= 15 is 0 Å². The molecule has 1 N–H and O–H groups in total. The van der Waals surface area contributed by atoms with E-state index in [0.29, 0.717) is 0 Å². The third-order valence-electron chi connectivity index (χ3n) is 3.76. The Hall–Kier alpha value is -0.900. The van der Waals surface area contributed by atoms with Gasteiger partial charge in [-0.2, -0.15) is 0 Å². The van der Waals surface area contributed by atoms with Gasteiger partial charge in [0, 0.05) is 6.54 Å². The molecule has 0 spiro atoms. The third-order valence-corrected chi connectivity index (χ3v) is 3.76. The summed E-state index contributed by atoms with van der Waals surface area (Å²) in [5, 5.41) is 3.43. The van der Waals surface area contributed by atoms with Gasteiger partial charge in [-0.1, -0.05) is 45.0 Å². The van der Waals surface area contributed by atoms with Crippen LogP contribution in [0.4, 0.5) is 0 Å². The Kier molecular flexibility index (Phi) is 10.1. The number of ether oxygens (including phenoxy) is 1. The molecule has 120 valence electrons. The van der Waals surface area contributed by atoms with Gasteiger partial charge < -0.3 is 15.0 Å². The van der Waals surface area contributed by atoms with Crippen LogP contribution in [0.1, 0.15) is 38.3 Å². The maximum Gasteiger partial charge on any atom is 0.0717 e. The van der Waals surface area contributed by atoms with Crippen molar-refractivity contribution >= 4 is 0 Å². The van der Waals surface area contributed by atoms with E-state index in [1.165, 1.54) is 17.5 Å². The number of hydrogen-bond acceptors (Lipinski definition) is 3. The minimum atomic E-state index is 0.718. The highest BCUT2D eigenvalue weighted by molar-refractivity contribution is 5.22. The number of hydrogen-bond donors (Lipinski definition) is 1. The van der Waals surface area contributed by atoms with Gasteiger partial charge in [0.1, 0.15) is 0 Å². The SMILES string of the molecule is CCCNCCc1ccc(COCCN(CC)CC)cc1. The van der Waals surface area contributed by atoms with Crippen molar-refractivity contribution in [2.24, 2.45) is 0 Å². The molecular weight excluding hydrogens is 260 g/mol. The van der Waals surface area contributed by atoms with Crippen molar-refractivity contribution in [3.05, 3.63) is 35.4 Å². The molecule has 1 aromatic carbocycles. The topological polar surface area (TPSA) is 24.5 Å². The highest BCUT2D eigenvalue weighted by atomic mass is 16.5. The molecule has 0 atom stereocenters. The molecule has 21 heavy (non-hydrogen) atoms. The number of nitrogens with one attached hydrogen (secondary N) is 1. The van der Waals surface area contributed by atoms with E-state index in [2.05, 4.69) is 55.3 Å². The van der Waals surface area contributed by atoms with E-state index in [9.17, 15) is 0 Å². The fourth-order valence-corrected chi connectivity index (χ4v) is 2.26. The van der Waals surface area contributed by atoms with Crippen LogP contribution in [0.2, 0.25) is 0 Å². The molecule has 0 saturated carbocycles. The molecule has 0 aliphatic rings. The summed E-state index contributed by atoms with van der Waals surface area (Å²) in [6, 6.07) is 8.81. The molecule has 0 fully saturated rings. The first-order chi connectivity index (χ1) is 10.3. The van der Waals surface area contributed by atoms with Crippen molar-refractivity contribution in [2.75, 3.05) is 39.3 Å². The summed E-state index contributed by atoms with van der Waals surface area (Å²) in [5.41, 5.74) is 2.66. The van der Waals surface area contributed by atoms with Crippen LogP contribution in [0.3, 0.4) is 0 Å². The van der Waals surface area contributed by atoms with Crippen molar-refractivity contribution in [3.63, 3.8) is 0 Å². The van der Waals surface area contributed by atoms with E-state index < -0.39 is 0 Å². The van der Waals surface area contributed by atoms with Crippen molar-refractivity contribution in [2.45, 2.75) is 40.2 Å². The molecule has 0 amide bonds. The van der Waals surface area contributed by atoms with Crippen molar-refractivity contribution < 1.29 is 4.74 Å². The lowest BCUT2D eigenvalue weighted by atomic mass is 10.1. The maximum atomic E-state index is 5.75. The van der Waals surface area contributed by atoms with E-state index in [0.717, 1.165) is 52.4 Å². The molecule has 3 heteroatoms. The average Bonchev–Trinajstić information content (AvgIpc) is 2.53. The Morgan fingerprint density at radius 2 is 1.62 bits per heavy atom. The molecule has 0 aliphatic carbocycles. The first kappa shape index (κ1) is 18.1. The van der Waals surface area contributed by atoms with E-state index in [-0.39, 0.29) is 0 Å². The van der Waals surface area contributed by atoms with Crippen LogP contribution < -0.4 is 5.32 Å². The fraction of sp³-hybridized carbons (Fsp3) is 0.667. The van der Waals surface area contributed by atoms with Gasteiger partial charge >= 0.3 is 0 Å². The molecule has 3 nitrogen and oxygen atoms in total. The molecule has 1 aromatic rings. The summed E-state index contributed by atoms with van der Waals surface area (Å²) in [6.45, 7) is 13.5. The zero-order valence-corrected chi connectivity index (χ0v) is 14.0. The van der Waals surface area contributed by atoms with Crippen molar-refractivity contribution in [1.82, 2.24) is 10.2 Å². The van der Waals surface area contributed by atoms with Crippen LogP contribution in [-0.4, -0.2) is 44.2 Å². The smallest absolute Gasteiger partial charge is 0.0717 e. The zero-order valence-electron chi connectivity index (χ0n) is 14.0. The molecule has 0 aromatic heterocycles. The van der Waals surface area contributed by atoms with Crippen molar-refractivity contribution in [1.29, 1.82) is 0 Å². The molecule has 0 radical (unpaired) electrons. The monoisotopic (exact) mass is 292 g/mol. The second-order valence-electron chi connectivity index (χ2n) is 5.40. The first-order valence-corrected chi connectivity index (χ1v) is 8.38. The lowest BCUT2D eigenvalue weighted by molar-refractivity contribution is 0.0956. The van der Waals surface area contributed by atoms with Crippen molar-refractivity contribution in [3.8, 4) is 0 Å². The van der Waals surface area contributed by atoms with Gasteiger partial charge in [0.2, 0.25) is 0 Å². The Bertz CT molecular complexity index is 347. The Morgan fingerprint density at radius 1 is 0.952 bits per heavy atom. The average molecular weight is 292 g/mol. The molecule has 0 bridgehead atoms. The van der Waals surface area contributed by atoms with Crippen LogP contribution in [0, 0.1) is 0 Å². The summed E-state index contributed by atoms with van der Waals surface area (Å²) in [6.07, 6.45) is 2.30. The molecule has 0 unspecified atom stereocenters. The minimum Gasteiger partial charge on any atom is -0.375 e. The normalized spacial score (nSPS) is 11.2. The predicted molar refractivity (Wildman–Crippen MR) is 90.8 cm³/mol. The Morgan fingerprint density at radius 3 is 2.24 bits per heavy atom. The fourth-order valence-electron chi connectivity index (χ4n) is 2.26. The number of likely N-dealkylation sites (N-methyl/N-ethyl adjacent to an activating group) is 1. The highest BCUT2D eigenvalue weighted by Gasteiger charge is 1.99. The summed E-state index contributed by atoms with van der Waals surface area (Å²) in [5.74, 6) is 0. The van der Waals surface area contributed by atoms with Gasteiger partial charge in [0.15, 0.2) is 0 Å². The van der Waals surface area contributed by atoms with Crippen LogP contribution >= 0.6 is 0 Å². The van der Waals surface area contributed by atoms with Gasteiger partial charge in [0.25, 0.3) is 0 Å². The second kappa shape index (κ2) is 11.7. The lowest BCUT2D eigenvalue weighted by Gasteiger charge is -2.17. The van der Waals surface area contributed by atoms with Gasteiger partial charge in [-0.3, -0.25) is 0 Å². The van der Waals surface area contributed by atoms with E-state index in [4.69, 9.17) is 4.74 Å². The predicted octanol–water partition coefficient (Wildman–Crippen LogP) is 3.09. The largest absolute Gasteiger partial charge is 0.375 e. The number of nitrogens with zero attached hydrogens (tertiary/aromatic N) is 1. The summed E-state index contributed by atoms with van der Waals surface area (Å²) < 4.78 is 5.75. The van der Waals surface area contributed by atoms with Gasteiger partial charge in [-0.15, -0.1) is 0 Å². The van der Waals surface area contributed by atoms with E-state index in [1.807, 2.05) is 0 Å². The van der Waals surface area contributed by atoms with Crippen LogP contribution in [0.5, 0.6) is 0 Å². The molecular formula is C18H32N2O. The van der Waals surface area contributed by atoms with E-state index in [1.54, 1.807) is 0 Å². The van der Waals surface area contributed by atoms with Crippen LogP contribution in [0.15, 0.2) is 24.3 Å². The van der Waals surface area contributed by atoms with Gasteiger partial charge in [0.05, 0.1) is 13.2 Å². The quantitative estimate of drug-likeness (QED) is 0.599.